The molecule has 2 saturated heterocycles. The van der Waals surface area contributed by atoms with E-state index in [1.54, 1.807) is 0 Å². The lowest BCUT2D eigenvalue weighted by Crippen LogP contribution is -2.52. The average molecular weight is 327 g/mol. The van der Waals surface area contributed by atoms with Gasteiger partial charge in [0.25, 0.3) is 0 Å². The Bertz CT molecular complexity index is 650. The fourth-order valence-electron chi connectivity index (χ4n) is 3.90. The normalized spacial score (nSPS) is 21.7. The highest BCUT2D eigenvalue weighted by Crippen LogP contribution is 2.33. The highest BCUT2D eigenvalue weighted by Gasteiger charge is 2.39. The van der Waals surface area contributed by atoms with Gasteiger partial charge in [0.15, 0.2) is 5.76 Å². The Morgan fingerprint density at radius 1 is 1.08 bits per heavy atom. The van der Waals surface area contributed by atoms with E-state index in [-0.39, 0.29) is 5.54 Å². The number of benzene rings is 1. The average Bonchev–Trinajstić information content (AvgIpc) is 3.03. The van der Waals surface area contributed by atoms with Gasteiger partial charge in [0, 0.05) is 37.4 Å². The van der Waals surface area contributed by atoms with Crippen molar-refractivity contribution in [2.75, 3.05) is 32.8 Å². The molecule has 3 heterocycles. The van der Waals surface area contributed by atoms with E-state index in [4.69, 9.17) is 9.15 Å². The number of nitrogens with one attached hydrogen (secondary N) is 1. The minimum atomic E-state index is 0.225. The zero-order valence-corrected chi connectivity index (χ0v) is 14.0. The maximum absolute atomic E-state index is 6.04. The summed E-state index contributed by atoms with van der Waals surface area (Å²) in [4.78, 5) is 7.10. The zero-order chi connectivity index (χ0) is 16.2. The minimum Gasteiger partial charge on any atom is -0.439 e. The van der Waals surface area contributed by atoms with E-state index in [9.17, 15) is 0 Å². The van der Waals surface area contributed by atoms with E-state index in [0.29, 0.717) is 0 Å². The first kappa shape index (κ1) is 15.8. The first-order valence-electron chi connectivity index (χ1n) is 8.89. The Labute approximate surface area is 143 Å². The van der Waals surface area contributed by atoms with Gasteiger partial charge in [-0.15, -0.1) is 0 Å². The molecule has 1 spiro atoms. The van der Waals surface area contributed by atoms with Crippen LogP contribution in [0.25, 0.3) is 11.3 Å². The van der Waals surface area contributed by atoms with Gasteiger partial charge >= 0.3 is 0 Å². The Hall–Kier alpha value is -1.69. The van der Waals surface area contributed by atoms with Gasteiger partial charge in [0.1, 0.15) is 0 Å². The summed E-state index contributed by atoms with van der Waals surface area (Å²) in [6.07, 6.45) is 5.21. The monoisotopic (exact) mass is 327 g/mol. The molecule has 1 aromatic carbocycles. The van der Waals surface area contributed by atoms with Crippen LogP contribution in [0.15, 0.2) is 40.9 Å². The topological polar surface area (TPSA) is 50.5 Å². The molecule has 0 bridgehead atoms. The van der Waals surface area contributed by atoms with Crippen molar-refractivity contribution in [3.05, 3.63) is 42.4 Å². The van der Waals surface area contributed by atoms with Crippen molar-refractivity contribution >= 4 is 0 Å². The van der Waals surface area contributed by atoms with Gasteiger partial charge in [-0.3, -0.25) is 4.90 Å². The second-order valence-corrected chi connectivity index (χ2v) is 6.74. The molecule has 0 unspecified atom stereocenters. The van der Waals surface area contributed by atoms with Crippen LogP contribution in [0.4, 0.5) is 0 Å². The van der Waals surface area contributed by atoms with Gasteiger partial charge in [-0.25, -0.2) is 4.98 Å². The largest absolute Gasteiger partial charge is 0.439 e. The third-order valence-electron chi connectivity index (χ3n) is 5.36. The maximum atomic E-state index is 6.04. The van der Waals surface area contributed by atoms with Gasteiger partial charge in [0.2, 0.25) is 5.89 Å². The summed E-state index contributed by atoms with van der Waals surface area (Å²) in [6.45, 7) is 5.62. The molecule has 128 valence electrons. The molecule has 0 aliphatic carbocycles. The summed E-state index contributed by atoms with van der Waals surface area (Å²) >= 11 is 0. The van der Waals surface area contributed by atoms with Crippen LogP contribution in [0.1, 0.15) is 25.2 Å². The van der Waals surface area contributed by atoms with Crippen molar-refractivity contribution in [1.29, 1.82) is 0 Å². The second-order valence-electron chi connectivity index (χ2n) is 6.74. The molecule has 5 heteroatoms. The Kier molecular flexibility index (Phi) is 4.65. The molecule has 0 atom stereocenters. The van der Waals surface area contributed by atoms with Gasteiger partial charge in [-0.05, 0) is 25.8 Å². The Balaban J connectivity index is 1.53. The van der Waals surface area contributed by atoms with Gasteiger partial charge in [-0.2, -0.15) is 0 Å². The molecular weight excluding hydrogens is 302 g/mol. The Morgan fingerprint density at radius 2 is 1.92 bits per heavy atom. The van der Waals surface area contributed by atoms with Crippen LogP contribution in [0.3, 0.4) is 0 Å². The van der Waals surface area contributed by atoms with Crippen molar-refractivity contribution in [3.8, 4) is 11.3 Å². The van der Waals surface area contributed by atoms with Crippen LogP contribution >= 0.6 is 0 Å². The van der Waals surface area contributed by atoms with Crippen molar-refractivity contribution in [2.24, 2.45) is 0 Å². The lowest BCUT2D eigenvalue weighted by Gasteiger charge is -2.44. The van der Waals surface area contributed by atoms with Crippen LogP contribution in [-0.2, 0) is 11.3 Å². The maximum Gasteiger partial charge on any atom is 0.209 e. The van der Waals surface area contributed by atoms with E-state index in [1.807, 2.05) is 24.4 Å². The highest BCUT2D eigenvalue weighted by atomic mass is 16.5. The zero-order valence-electron chi connectivity index (χ0n) is 14.0. The number of oxazole rings is 1. The third-order valence-corrected chi connectivity index (χ3v) is 5.36. The number of rotatable bonds is 3. The summed E-state index contributed by atoms with van der Waals surface area (Å²) in [5.41, 5.74) is 1.30. The van der Waals surface area contributed by atoms with E-state index < -0.39 is 0 Å². The molecule has 1 N–H and O–H groups in total. The summed E-state index contributed by atoms with van der Waals surface area (Å²) in [6, 6.07) is 10.2. The number of ether oxygens (including phenoxy) is 1. The van der Waals surface area contributed by atoms with E-state index in [0.717, 1.165) is 69.4 Å². The molecule has 0 amide bonds. The molecule has 24 heavy (non-hydrogen) atoms. The van der Waals surface area contributed by atoms with Gasteiger partial charge in [0.05, 0.1) is 12.7 Å². The van der Waals surface area contributed by atoms with Crippen LogP contribution in [-0.4, -0.2) is 48.3 Å². The molecule has 2 aromatic rings. The van der Waals surface area contributed by atoms with Crippen molar-refractivity contribution < 1.29 is 9.15 Å². The summed E-state index contributed by atoms with van der Waals surface area (Å²) in [7, 11) is 0. The van der Waals surface area contributed by atoms with Crippen LogP contribution in [0, 0.1) is 0 Å². The highest BCUT2D eigenvalue weighted by molar-refractivity contribution is 5.55. The molecule has 4 rings (SSSR count). The molecule has 2 aliphatic heterocycles. The third kappa shape index (κ3) is 3.24. The molecule has 0 saturated carbocycles. The standard InChI is InChI=1S/C19H25N3O2/c1-2-4-16(5-3-1)17-14-21-18(24-17)15-22-11-10-20-9-6-19(22)7-12-23-13-8-19/h1-5,14,20H,6-13,15H2. The Morgan fingerprint density at radius 3 is 2.75 bits per heavy atom. The fourth-order valence-corrected chi connectivity index (χ4v) is 3.90. The number of hydrogen-bond acceptors (Lipinski definition) is 5. The summed E-state index contributed by atoms with van der Waals surface area (Å²) in [5.74, 6) is 1.65. The van der Waals surface area contributed by atoms with Crippen molar-refractivity contribution in [1.82, 2.24) is 15.2 Å². The van der Waals surface area contributed by atoms with E-state index in [1.165, 1.54) is 6.42 Å². The fraction of sp³-hybridized carbons (Fsp3) is 0.526. The van der Waals surface area contributed by atoms with Crippen molar-refractivity contribution in [3.63, 3.8) is 0 Å². The van der Waals surface area contributed by atoms with Crippen molar-refractivity contribution in [2.45, 2.75) is 31.3 Å². The van der Waals surface area contributed by atoms with Crippen LogP contribution in [0.5, 0.6) is 0 Å². The molecule has 0 radical (unpaired) electrons. The lowest BCUT2D eigenvalue weighted by molar-refractivity contribution is -0.0336. The van der Waals surface area contributed by atoms with Gasteiger partial charge < -0.3 is 14.5 Å². The number of hydrogen-bond donors (Lipinski definition) is 1. The molecule has 5 nitrogen and oxygen atoms in total. The predicted octanol–water partition coefficient (Wildman–Crippen LogP) is 2.69. The second kappa shape index (κ2) is 7.05. The SMILES string of the molecule is c1ccc(-c2cnc(CN3CCNCCC34CCOCC4)o2)cc1. The van der Waals surface area contributed by atoms with Crippen LogP contribution < -0.4 is 5.32 Å². The number of nitrogens with zero attached hydrogens (tertiary/aromatic N) is 2. The quantitative estimate of drug-likeness (QED) is 0.939. The summed E-state index contributed by atoms with van der Waals surface area (Å²) in [5, 5.41) is 3.53. The molecular formula is C19H25N3O2. The minimum absolute atomic E-state index is 0.225. The number of aromatic nitrogens is 1. The lowest BCUT2D eigenvalue weighted by atomic mass is 9.85. The van der Waals surface area contributed by atoms with Gasteiger partial charge in [-0.1, -0.05) is 30.3 Å². The smallest absolute Gasteiger partial charge is 0.209 e. The first-order chi connectivity index (χ1) is 11.9. The van der Waals surface area contributed by atoms with E-state index in [2.05, 4.69) is 27.3 Å². The van der Waals surface area contributed by atoms with E-state index >= 15 is 0 Å². The summed E-state index contributed by atoms with van der Waals surface area (Å²) < 4.78 is 11.7. The van der Waals surface area contributed by atoms with Crippen LogP contribution in [0.2, 0.25) is 0 Å². The molecule has 1 aromatic heterocycles. The molecule has 2 fully saturated rings. The predicted molar refractivity (Wildman–Crippen MR) is 92.6 cm³/mol. The molecule has 2 aliphatic rings. The first-order valence-corrected chi connectivity index (χ1v) is 8.89.